The Balaban J connectivity index is 1.56. The fourth-order valence-corrected chi connectivity index (χ4v) is 5.05. The molecule has 0 amide bonds. The summed E-state index contributed by atoms with van der Waals surface area (Å²) in [5.41, 5.74) is 0. The SMILES string of the molecule is CCCCCCCC1CCC([C@H]2CC[C@H](CC)CC2)CC1. The maximum Gasteiger partial charge on any atom is -0.0386 e. The van der Waals surface area contributed by atoms with Gasteiger partial charge in [-0.25, -0.2) is 0 Å². The topological polar surface area (TPSA) is 0 Å². The third-order valence-electron chi connectivity index (χ3n) is 6.74. The van der Waals surface area contributed by atoms with Crippen LogP contribution in [-0.4, -0.2) is 0 Å². The second kappa shape index (κ2) is 9.90. The van der Waals surface area contributed by atoms with Gasteiger partial charge in [0.2, 0.25) is 0 Å². The van der Waals surface area contributed by atoms with Gasteiger partial charge in [0.05, 0.1) is 0 Å². The molecule has 21 heavy (non-hydrogen) atoms. The largest absolute Gasteiger partial charge is 0.0654 e. The Morgan fingerprint density at radius 2 is 1.10 bits per heavy atom. The van der Waals surface area contributed by atoms with Crippen molar-refractivity contribution < 1.29 is 0 Å². The molecule has 0 N–H and O–H groups in total. The Hall–Kier alpha value is 0. The molecule has 0 spiro atoms. The molecule has 2 aliphatic rings. The number of hydrogen-bond acceptors (Lipinski definition) is 0. The molecule has 0 heteroatoms. The lowest BCUT2D eigenvalue weighted by atomic mass is 9.68. The van der Waals surface area contributed by atoms with E-state index >= 15 is 0 Å². The summed E-state index contributed by atoms with van der Waals surface area (Å²) in [6.07, 6.45) is 22.8. The summed E-state index contributed by atoms with van der Waals surface area (Å²) in [5.74, 6) is 4.38. The lowest BCUT2D eigenvalue weighted by molar-refractivity contribution is 0.141. The molecule has 0 aromatic rings. The Bertz CT molecular complexity index is 241. The Morgan fingerprint density at radius 3 is 1.62 bits per heavy atom. The van der Waals surface area contributed by atoms with Crippen molar-refractivity contribution in [3.05, 3.63) is 0 Å². The van der Waals surface area contributed by atoms with E-state index in [1.807, 2.05) is 0 Å². The predicted molar refractivity (Wildman–Crippen MR) is 94.6 cm³/mol. The molecule has 2 aliphatic carbocycles. The summed E-state index contributed by atoms with van der Waals surface area (Å²) in [6, 6.07) is 0. The Morgan fingerprint density at radius 1 is 0.571 bits per heavy atom. The highest BCUT2D eigenvalue weighted by Gasteiger charge is 2.30. The van der Waals surface area contributed by atoms with E-state index in [1.54, 1.807) is 57.8 Å². The van der Waals surface area contributed by atoms with E-state index in [4.69, 9.17) is 0 Å². The van der Waals surface area contributed by atoms with E-state index in [-0.39, 0.29) is 0 Å². The summed E-state index contributed by atoms with van der Waals surface area (Å²) in [6.45, 7) is 4.70. The first-order valence-electron chi connectivity index (χ1n) is 10.3. The summed E-state index contributed by atoms with van der Waals surface area (Å²) < 4.78 is 0. The van der Waals surface area contributed by atoms with Crippen molar-refractivity contribution in [1.82, 2.24) is 0 Å². The molecule has 0 bridgehead atoms. The molecule has 2 fully saturated rings. The molecular formula is C21H40. The zero-order valence-electron chi connectivity index (χ0n) is 14.9. The highest BCUT2D eigenvalue weighted by atomic mass is 14.4. The normalized spacial score (nSPS) is 34.0. The second-order valence-corrected chi connectivity index (χ2v) is 8.17. The molecule has 0 atom stereocenters. The van der Waals surface area contributed by atoms with Crippen molar-refractivity contribution in [2.24, 2.45) is 23.7 Å². The molecule has 0 aromatic carbocycles. The minimum atomic E-state index is 1.07. The first-order chi connectivity index (χ1) is 10.3. The molecule has 0 radical (unpaired) electrons. The third kappa shape index (κ3) is 5.95. The van der Waals surface area contributed by atoms with Gasteiger partial charge in [-0.2, -0.15) is 0 Å². The van der Waals surface area contributed by atoms with Gasteiger partial charge in [-0.3, -0.25) is 0 Å². The van der Waals surface area contributed by atoms with Crippen LogP contribution in [0.2, 0.25) is 0 Å². The van der Waals surface area contributed by atoms with Gasteiger partial charge in [0.1, 0.15) is 0 Å². The molecule has 0 aromatic heterocycles. The van der Waals surface area contributed by atoms with E-state index in [1.165, 1.54) is 38.5 Å². The van der Waals surface area contributed by atoms with Crippen molar-refractivity contribution in [3.63, 3.8) is 0 Å². The maximum atomic E-state index is 2.39. The lowest BCUT2D eigenvalue weighted by Gasteiger charge is -2.37. The summed E-state index contributed by atoms with van der Waals surface area (Å²) in [5, 5.41) is 0. The first-order valence-corrected chi connectivity index (χ1v) is 10.3. The predicted octanol–water partition coefficient (Wildman–Crippen LogP) is 7.37. The van der Waals surface area contributed by atoms with Crippen molar-refractivity contribution in [3.8, 4) is 0 Å². The number of unbranched alkanes of at least 4 members (excludes halogenated alkanes) is 4. The highest BCUT2D eigenvalue weighted by Crippen LogP contribution is 2.42. The van der Waals surface area contributed by atoms with Crippen LogP contribution in [0.5, 0.6) is 0 Å². The zero-order valence-corrected chi connectivity index (χ0v) is 14.9. The Kier molecular flexibility index (Phi) is 8.19. The molecule has 0 aliphatic heterocycles. The standard InChI is InChI=1S/C21H40/c1-3-5-6-7-8-9-19-12-16-21(17-13-19)20-14-10-18(4-2)11-15-20/h18-21H,3-17H2,1-2H3/t18-,19?,20-,21?. The van der Waals surface area contributed by atoms with Crippen LogP contribution in [0, 0.1) is 23.7 Å². The molecule has 2 rings (SSSR count). The van der Waals surface area contributed by atoms with Gasteiger partial charge >= 0.3 is 0 Å². The molecule has 0 unspecified atom stereocenters. The molecule has 0 nitrogen and oxygen atoms in total. The fourth-order valence-electron chi connectivity index (χ4n) is 5.05. The van der Waals surface area contributed by atoms with Crippen molar-refractivity contribution in [2.45, 2.75) is 110 Å². The minimum Gasteiger partial charge on any atom is -0.0654 e. The van der Waals surface area contributed by atoms with Crippen LogP contribution >= 0.6 is 0 Å². The summed E-state index contributed by atoms with van der Waals surface area (Å²) >= 11 is 0. The molecule has 0 saturated heterocycles. The van der Waals surface area contributed by atoms with Gasteiger partial charge in [0, 0.05) is 0 Å². The first kappa shape index (κ1) is 17.4. The monoisotopic (exact) mass is 292 g/mol. The van der Waals surface area contributed by atoms with Crippen LogP contribution in [0.1, 0.15) is 110 Å². The number of rotatable bonds is 8. The highest BCUT2D eigenvalue weighted by molar-refractivity contribution is 4.81. The van der Waals surface area contributed by atoms with E-state index in [9.17, 15) is 0 Å². The molecule has 2 saturated carbocycles. The summed E-state index contributed by atoms with van der Waals surface area (Å²) in [7, 11) is 0. The van der Waals surface area contributed by atoms with Crippen LogP contribution in [0.25, 0.3) is 0 Å². The van der Waals surface area contributed by atoms with Gasteiger partial charge in [-0.1, -0.05) is 84.5 Å². The average molecular weight is 293 g/mol. The molecular weight excluding hydrogens is 252 g/mol. The third-order valence-corrected chi connectivity index (χ3v) is 6.74. The van der Waals surface area contributed by atoms with Gasteiger partial charge in [-0.15, -0.1) is 0 Å². The summed E-state index contributed by atoms with van der Waals surface area (Å²) in [4.78, 5) is 0. The van der Waals surface area contributed by atoms with E-state index in [0.29, 0.717) is 0 Å². The lowest BCUT2D eigenvalue weighted by Crippen LogP contribution is -2.25. The quantitative estimate of drug-likeness (QED) is 0.410. The average Bonchev–Trinajstić information content (AvgIpc) is 2.55. The van der Waals surface area contributed by atoms with Crippen molar-refractivity contribution in [1.29, 1.82) is 0 Å². The van der Waals surface area contributed by atoms with Gasteiger partial charge in [0.25, 0.3) is 0 Å². The van der Waals surface area contributed by atoms with Gasteiger partial charge in [0.15, 0.2) is 0 Å². The van der Waals surface area contributed by atoms with Crippen LogP contribution < -0.4 is 0 Å². The Labute approximate surface area is 134 Å². The minimum absolute atomic E-state index is 1.07. The van der Waals surface area contributed by atoms with E-state index < -0.39 is 0 Å². The number of hydrogen-bond donors (Lipinski definition) is 0. The van der Waals surface area contributed by atoms with Crippen molar-refractivity contribution >= 4 is 0 Å². The fraction of sp³-hybridized carbons (Fsp3) is 1.00. The molecule has 124 valence electrons. The van der Waals surface area contributed by atoms with Crippen molar-refractivity contribution in [2.75, 3.05) is 0 Å². The van der Waals surface area contributed by atoms with Gasteiger partial charge < -0.3 is 0 Å². The van der Waals surface area contributed by atoms with Gasteiger partial charge in [-0.05, 0) is 49.4 Å². The van der Waals surface area contributed by atoms with Crippen LogP contribution in [0.4, 0.5) is 0 Å². The van der Waals surface area contributed by atoms with E-state index in [0.717, 1.165) is 23.7 Å². The smallest absolute Gasteiger partial charge is 0.0386 e. The van der Waals surface area contributed by atoms with E-state index in [2.05, 4.69) is 13.8 Å². The molecule has 0 heterocycles. The van der Waals surface area contributed by atoms with Crippen LogP contribution in [0.15, 0.2) is 0 Å². The van der Waals surface area contributed by atoms with Crippen LogP contribution in [-0.2, 0) is 0 Å². The second-order valence-electron chi connectivity index (χ2n) is 8.17. The van der Waals surface area contributed by atoms with Crippen LogP contribution in [0.3, 0.4) is 0 Å². The maximum absolute atomic E-state index is 2.39. The zero-order chi connectivity index (χ0) is 14.9.